The van der Waals surface area contributed by atoms with E-state index in [1.807, 2.05) is 24.3 Å². The van der Waals surface area contributed by atoms with Crippen molar-refractivity contribution in [3.05, 3.63) is 59.1 Å². The number of amides is 1. The Morgan fingerprint density at radius 3 is 2.70 bits per heavy atom. The average Bonchev–Trinajstić information content (AvgIpc) is 3.04. The van der Waals surface area contributed by atoms with E-state index in [1.165, 1.54) is 11.3 Å². The molecule has 23 heavy (non-hydrogen) atoms. The normalized spacial score (nSPS) is 10.3. The predicted octanol–water partition coefficient (Wildman–Crippen LogP) is 4.12. The highest BCUT2D eigenvalue weighted by Gasteiger charge is 2.11. The van der Waals surface area contributed by atoms with Crippen LogP contribution in [-0.4, -0.2) is 23.2 Å². The summed E-state index contributed by atoms with van der Waals surface area (Å²) in [6, 6.07) is 14.1. The Hall–Kier alpha value is -2.44. The highest BCUT2D eigenvalue weighted by Crippen LogP contribution is 2.28. The standard InChI is InChI=1S/C16H12ClN3O2S/c1-22-13-4-2-3-11(9-13)15-19-20-16(23-15)18-14(21)10-5-7-12(17)8-6-10/h2-9H,1H3,(H,18,20,21). The second-order valence-corrected chi connectivity index (χ2v) is 6.02. The lowest BCUT2D eigenvalue weighted by Gasteiger charge is -2.01. The molecular weight excluding hydrogens is 334 g/mol. The number of methoxy groups -OCH3 is 1. The van der Waals surface area contributed by atoms with Crippen LogP contribution >= 0.6 is 22.9 Å². The van der Waals surface area contributed by atoms with Crippen LogP contribution in [0.15, 0.2) is 48.5 Å². The van der Waals surface area contributed by atoms with Crippen molar-refractivity contribution in [1.82, 2.24) is 10.2 Å². The van der Waals surface area contributed by atoms with E-state index in [2.05, 4.69) is 15.5 Å². The molecule has 0 aliphatic carbocycles. The number of benzene rings is 2. The molecule has 0 aliphatic heterocycles. The smallest absolute Gasteiger partial charge is 0.257 e. The zero-order valence-electron chi connectivity index (χ0n) is 12.1. The summed E-state index contributed by atoms with van der Waals surface area (Å²) < 4.78 is 5.19. The number of rotatable bonds is 4. The summed E-state index contributed by atoms with van der Waals surface area (Å²) in [7, 11) is 1.61. The molecule has 0 radical (unpaired) electrons. The highest BCUT2D eigenvalue weighted by molar-refractivity contribution is 7.18. The van der Waals surface area contributed by atoms with Gasteiger partial charge in [-0.25, -0.2) is 0 Å². The number of hydrogen-bond donors (Lipinski definition) is 1. The number of ether oxygens (including phenoxy) is 1. The number of aromatic nitrogens is 2. The van der Waals surface area contributed by atoms with Crippen LogP contribution in [0.4, 0.5) is 5.13 Å². The van der Waals surface area contributed by atoms with E-state index in [9.17, 15) is 4.79 Å². The molecule has 116 valence electrons. The van der Waals surface area contributed by atoms with Gasteiger partial charge in [0.2, 0.25) is 5.13 Å². The van der Waals surface area contributed by atoms with Crippen LogP contribution in [0.5, 0.6) is 5.75 Å². The molecule has 0 atom stereocenters. The Labute approximate surface area is 141 Å². The molecule has 5 nitrogen and oxygen atoms in total. The van der Waals surface area contributed by atoms with Gasteiger partial charge in [0.1, 0.15) is 10.8 Å². The fourth-order valence-corrected chi connectivity index (χ4v) is 2.78. The Balaban J connectivity index is 1.76. The molecule has 3 rings (SSSR count). The summed E-state index contributed by atoms with van der Waals surface area (Å²) in [6.45, 7) is 0. The predicted molar refractivity (Wildman–Crippen MR) is 91.3 cm³/mol. The van der Waals surface area contributed by atoms with E-state index in [1.54, 1.807) is 31.4 Å². The molecule has 0 fully saturated rings. The van der Waals surface area contributed by atoms with Gasteiger partial charge in [0.05, 0.1) is 7.11 Å². The van der Waals surface area contributed by atoms with Crippen LogP contribution in [-0.2, 0) is 0 Å². The van der Waals surface area contributed by atoms with Crippen molar-refractivity contribution in [1.29, 1.82) is 0 Å². The van der Waals surface area contributed by atoms with Gasteiger partial charge in [-0.3, -0.25) is 10.1 Å². The zero-order chi connectivity index (χ0) is 16.2. The summed E-state index contributed by atoms with van der Waals surface area (Å²) in [5.41, 5.74) is 1.39. The Morgan fingerprint density at radius 1 is 1.17 bits per heavy atom. The van der Waals surface area contributed by atoms with Crippen molar-refractivity contribution >= 4 is 34.0 Å². The van der Waals surface area contributed by atoms with Gasteiger partial charge < -0.3 is 4.74 Å². The third kappa shape index (κ3) is 3.67. The van der Waals surface area contributed by atoms with Crippen molar-refractivity contribution < 1.29 is 9.53 Å². The molecule has 3 aromatic rings. The summed E-state index contributed by atoms with van der Waals surface area (Å²) >= 11 is 7.11. The van der Waals surface area contributed by atoms with E-state index >= 15 is 0 Å². The topological polar surface area (TPSA) is 64.1 Å². The molecule has 0 bridgehead atoms. The second-order valence-electron chi connectivity index (χ2n) is 4.61. The van der Waals surface area contributed by atoms with Crippen LogP contribution in [0.3, 0.4) is 0 Å². The lowest BCUT2D eigenvalue weighted by Crippen LogP contribution is -2.11. The average molecular weight is 346 g/mol. The number of nitrogens with one attached hydrogen (secondary N) is 1. The third-order valence-corrected chi connectivity index (χ3v) is 4.21. The number of carbonyl (C=O) groups excluding carboxylic acids is 1. The van der Waals surface area contributed by atoms with Gasteiger partial charge in [-0.1, -0.05) is 35.1 Å². The maximum absolute atomic E-state index is 12.1. The van der Waals surface area contributed by atoms with Crippen LogP contribution < -0.4 is 10.1 Å². The number of hydrogen-bond acceptors (Lipinski definition) is 5. The van der Waals surface area contributed by atoms with Crippen molar-refractivity contribution in [2.45, 2.75) is 0 Å². The minimum Gasteiger partial charge on any atom is -0.497 e. The highest BCUT2D eigenvalue weighted by atomic mass is 35.5. The molecule has 7 heteroatoms. The minimum absolute atomic E-state index is 0.255. The third-order valence-electron chi connectivity index (χ3n) is 3.07. The first-order valence-corrected chi connectivity index (χ1v) is 7.90. The molecule has 0 saturated heterocycles. The lowest BCUT2D eigenvalue weighted by molar-refractivity contribution is 0.102. The van der Waals surface area contributed by atoms with Crippen molar-refractivity contribution in [3.8, 4) is 16.3 Å². The van der Waals surface area contributed by atoms with Crippen LogP contribution in [0.2, 0.25) is 5.02 Å². The molecule has 1 N–H and O–H groups in total. The van der Waals surface area contributed by atoms with Gasteiger partial charge in [-0.05, 0) is 36.4 Å². The molecule has 0 saturated carbocycles. The van der Waals surface area contributed by atoms with E-state index in [-0.39, 0.29) is 5.91 Å². The van der Waals surface area contributed by atoms with Crippen LogP contribution in [0, 0.1) is 0 Å². The molecule has 1 amide bonds. The zero-order valence-corrected chi connectivity index (χ0v) is 13.7. The van der Waals surface area contributed by atoms with Gasteiger partial charge >= 0.3 is 0 Å². The van der Waals surface area contributed by atoms with E-state index in [0.29, 0.717) is 20.7 Å². The van der Waals surface area contributed by atoms with E-state index in [4.69, 9.17) is 16.3 Å². The van der Waals surface area contributed by atoms with Crippen LogP contribution in [0.1, 0.15) is 10.4 Å². The number of anilines is 1. The minimum atomic E-state index is -0.255. The van der Waals surface area contributed by atoms with Crippen molar-refractivity contribution in [3.63, 3.8) is 0 Å². The van der Waals surface area contributed by atoms with E-state index < -0.39 is 0 Å². The molecule has 2 aromatic carbocycles. The summed E-state index contributed by atoms with van der Waals surface area (Å²) in [6.07, 6.45) is 0. The maximum atomic E-state index is 12.1. The first-order chi connectivity index (χ1) is 11.2. The van der Waals surface area contributed by atoms with Crippen LogP contribution in [0.25, 0.3) is 10.6 Å². The molecule has 1 heterocycles. The van der Waals surface area contributed by atoms with Crippen molar-refractivity contribution in [2.24, 2.45) is 0 Å². The fraction of sp³-hybridized carbons (Fsp3) is 0.0625. The van der Waals surface area contributed by atoms with Crippen molar-refractivity contribution in [2.75, 3.05) is 12.4 Å². The Kier molecular flexibility index (Phi) is 4.55. The molecule has 1 aromatic heterocycles. The summed E-state index contributed by atoms with van der Waals surface area (Å²) in [4.78, 5) is 12.1. The Bertz CT molecular complexity index is 833. The first-order valence-electron chi connectivity index (χ1n) is 6.70. The molecular formula is C16H12ClN3O2S. The van der Waals surface area contributed by atoms with Gasteiger partial charge in [0.25, 0.3) is 5.91 Å². The van der Waals surface area contributed by atoms with Gasteiger partial charge in [-0.15, -0.1) is 10.2 Å². The summed E-state index contributed by atoms with van der Waals surface area (Å²) in [5, 5.41) is 12.5. The fourth-order valence-electron chi connectivity index (χ4n) is 1.92. The number of carbonyl (C=O) groups is 1. The SMILES string of the molecule is COc1cccc(-c2nnc(NC(=O)c3ccc(Cl)cc3)s2)c1. The molecule has 0 unspecified atom stereocenters. The first kappa shape index (κ1) is 15.5. The second kappa shape index (κ2) is 6.76. The summed E-state index contributed by atoms with van der Waals surface area (Å²) in [5.74, 6) is 0.486. The largest absolute Gasteiger partial charge is 0.497 e. The Morgan fingerprint density at radius 2 is 1.96 bits per heavy atom. The number of halogens is 1. The number of nitrogens with zero attached hydrogens (tertiary/aromatic N) is 2. The maximum Gasteiger partial charge on any atom is 0.257 e. The molecule has 0 aliphatic rings. The quantitative estimate of drug-likeness (QED) is 0.772. The van der Waals surface area contributed by atoms with Gasteiger partial charge in [0.15, 0.2) is 0 Å². The lowest BCUT2D eigenvalue weighted by atomic mass is 10.2. The molecule has 0 spiro atoms. The monoisotopic (exact) mass is 345 g/mol. The van der Waals surface area contributed by atoms with E-state index in [0.717, 1.165) is 11.3 Å². The van der Waals surface area contributed by atoms with Gasteiger partial charge in [-0.2, -0.15) is 0 Å². The van der Waals surface area contributed by atoms with Gasteiger partial charge in [0, 0.05) is 16.1 Å².